The maximum absolute atomic E-state index is 11.3. The van der Waals surface area contributed by atoms with Gasteiger partial charge in [-0.15, -0.1) is 0 Å². The zero-order valence-electron chi connectivity index (χ0n) is 12.1. The third-order valence-corrected chi connectivity index (χ3v) is 4.04. The number of ether oxygens (including phenoxy) is 1. The number of aliphatic hydroxyl groups is 1. The summed E-state index contributed by atoms with van der Waals surface area (Å²) in [5, 5.41) is 12.2. The van der Waals surface area contributed by atoms with E-state index in [1.165, 1.54) is 0 Å². The summed E-state index contributed by atoms with van der Waals surface area (Å²) in [4.78, 5) is 19.8. The fourth-order valence-corrected chi connectivity index (χ4v) is 2.80. The molecule has 7 nitrogen and oxygen atoms in total. The van der Waals surface area contributed by atoms with Crippen LogP contribution >= 0.6 is 11.6 Å². The Labute approximate surface area is 132 Å². The van der Waals surface area contributed by atoms with E-state index in [-0.39, 0.29) is 24.5 Å². The summed E-state index contributed by atoms with van der Waals surface area (Å²) in [6.07, 6.45) is 1.88. The van der Waals surface area contributed by atoms with Crippen molar-refractivity contribution in [3.05, 3.63) is 17.5 Å². The average molecular weight is 325 g/mol. The molecule has 1 fully saturated rings. The van der Waals surface area contributed by atoms with Gasteiger partial charge in [0.1, 0.15) is 16.8 Å². The first-order chi connectivity index (χ1) is 10.6. The molecule has 0 aromatic carbocycles. The zero-order valence-corrected chi connectivity index (χ0v) is 12.9. The van der Waals surface area contributed by atoms with Crippen LogP contribution in [0.1, 0.15) is 13.3 Å². The molecule has 1 aliphatic rings. The second-order valence-corrected chi connectivity index (χ2v) is 5.76. The molecule has 0 aliphatic carbocycles. The van der Waals surface area contributed by atoms with Crippen LogP contribution in [0.4, 0.5) is 0 Å². The SMILES string of the molecule is C[C@@H](Oc1nc(Cl)cc2ncn(CCO)c12)C1CNC(=O)C1. The average Bonchev–Trinajstić information content (AvgIpc) is 3.06. The van der Waals surface area contributed by atoms with Crippen LogP contribution < -0.4 is 10.1 Å². The van der Waals surface area contributed by atoms with Crippen LogP contribution in [0, 0.1) is 5.92 Å². The summed E-state index contributed by atoms with van der Waals surface area (Å²) < 4.78 is 7.73. The van der Waals surface area contributed by atoms with Crippen molar-refractivity contribution in [2.24, 2.45) is 5.92 Å². The van der Waals surface area contributed by atoms with Gasteiger partial charge >= 0.3 is 0 Å². The zero-order chi connectivity index (χ0) is 15.7. The number of imidazole rings is 1. The molecular weight excluding hydrogens is 308 g/mol. The summed E-state index contributed by atoms with van der Waals surface area (Å²) in [6.45, 7) is 2.89. The number of fused-ring (bicyclic) bond motifs is 1. The normalized spacial score (nSPS) is 19.4. The van der Waals surface area contributed by atoms with Crippen molar-refractivity contribution in [2.45, 2.75) is 26.0 Å². The van der Waals surface area contributed by atoms with E-state index in [1.807, 2.05) is 6.92 Å². The molecule has 1 saturated heterocycles. The number of aromatic nitrogens is 3. The number of amides is 1. The van der Waals surface area contributed by atoms with Crippen molar-refractivity contribution in [3.8, 4) is 5.88 Å². The predicted molar refractivity (Wildman–Crippen MR) is 80.8 cm³/mol. The van der Waals surface area contributed by atoms with Gasteiger partial charge < -0.3 is 19.7 Å². The van der Waals surface area contributed by atoms with E-state index in [0.717, 1.165) is 0 Å². The van der Waals surface area contributed by atoms with Crippen molar-refractivity contribution < 1.29 is 14.6 Å². The highest BCUT2D eigenvalue weighted by molar-refractivity contribution is 6.30. The topological polar surface area (TPSA) is 89.3 Å². The Morgan fingerprint density at radius 1 is 1.64 bits per heavy atom. The van der Waals surface area contributed by atoms with Gasteiger partial charge in [0, 0.05) is 31.5 Å². The Morgan fingerprint density at radius 2 is 2.45 bits per heavy atom. The van der Waals surface area contributed by atoms with Gasteiger partial charge in [0.15, 0.2) is 0 Å². The number of pyridine rings is 1. The Hall–Kier alpha value is -1.86. The smallest absolute Gasteiger partial charge is 0.241 e. The van der Waals surface area contributed by atoms with Crippen molar-refractivity contribution >= 4 is 28.5 Å². The lowest BCUT2D eigenvalue weighted by atomic mass is 10.0. The molecule has 3 heterocycles. The van der Waals surface area contributed by atoms with Gasteiger partial charge in [0.25, 0.3) is 0 Å². The van der Waals surface area contributed by atoms with Crippen molar-refractivity contribution in [1.82, 2.24) is 19.9 Å². The standard InChI is InChI=1S/C14H17ClN4O3/c1-8(9-4-12(21)16-6-9)22-14-13-10(5-11(15)18-14)17-7-19(13)2-3-20/h5,7-9,20H,2-4,6H2,1H3,(H,16,21)/t8-,9?/m1/s1. The van der Waals surface area contributed by atoms with Gasteiger partial charge in [-0.2, -0.15) is 4.98 Å². The lowest BCUT2D eigenvalue weighted by Gasteiger charge is -2.19. The summed E-state index contributed by atoms with van der Waals surface area (Å²) in [6, 6.07) is 1.66. The monoisotopic (exact) mass is 324 g/mol. The van der Waals surface area contributed by atoms with Gasteiger partial charge in [-0.05, 0) is 6.92 Å². The Balaban J connectivity index is 1.91. The number of hydrogen-bond acceptors (Lipinski definition) is 5. The number of rotatable bonds is 5. The fourth-order valence-electron chi connectivity index (χ4n) is 2.62. The highest BCUT2D eigenvalue weighted by atomic mass is 35.5. The lowest BCUT2D eigenvalue weighted by Crippen LogP contribution is -2.26. The first kappa shape index (κ1) is 15.1. The van der Waals surface area contributed by atoms with Crippen LogP contribution in [-0.2, 0) is 11.3 Å². The second kappa shape index (κ2) is 6.10. The van der Waals surface area contributed by atoms with Gasteiger partial charge in [0.05, 0.1) is 18.5 Å². The number of hydrogen-bond donors (Lipinski definition) is 2. The lowest BCUT2D eigenvalue weighted by molar-refractivity contribution is -0.119. The highest BCUT2D eigenvalue weighted by Gasteiger charge is 2.29. The molecule has 22 heavy (non-hydrogen) atoms. The number of carbonyl (C=O) groups excluding carboxylic acids is 1. The molecule has 0 radical (unpaired) electrons. The van der Waals surface area contributed by atoms with Crippen LogP contribution in [-0.4, -0.2) is 44.8 Å². The Morgan fingerprint density at radius 3 is 3.14 bits per heavy atom. The molecule has 2 aromatic rings. The van der Waals surface area contributed by atoms with Gasteiger partial charge in [-0.1, -0.05) is 11.6 Å². The Bertz CT molecular complexity index is 703. The fraction of sp³-hybridized carbons (Fsp3) is 0.500. The van der Waals surface area contributed by atoms with Crippen molar-refractivity contribution in [3.63, 3.8) is 0 Å². The predicted octanol–water partition coefficient (Wildman–Crippen LogP) is 0.980. The minimum absolute atomic E-state index is 0.00979. The van der Waals surface area contributed by atoms with Crippen LogP contribution in [0.15, 0.2) is 12.4 Å². The largest absolute Gasteiger partial charge is 0.473 e. The minimum atomic E-state index is -0.189. The first-order valence-corrected chi connectivity index (χ1v) is 7.52. The first-order valence-electron chi connectivity index (χ1n) is 7.14. The molecule has 2 atom stereocenters. The summed E-state index contributed by atoms with van der Waals surface area (Å²) in [7, 11) is 0. The van der Waals surface area contributed by atoms with Crippen molar-refractivity contribution in [2.75, 3.05) is 13.2 Å². The molecule has 8 heteroatoms. The minimum Gasteiger partial charge on any atom is -0.473 e. The van der Waals surface area contributed by atoms with E-state index in [0.29, 0.717) is 41.6 Å². The molecular formula is C14H17ClN4O3. The van der Waals surface area contributed by atoms with Gasteiger partial charge in [0.2, 0.25) is 11.8 Å². The van der Waals surface area contributed by atoms with E-state index >= 15 is 0 Å². The highest BCUT2D eigenvalue weighted by Crippen LogP contribution is 2.28. The summed E-state index contributed by atoms with van der Waals surface area (Å²) >= 11 is 6.02. The summed E-state index contributed by atoms with van der Waals surface area (Å²) in [5.41, 5.74) is 1.36. The van der Waals surface area contributed by atoms with E-state index in [2.05, 4.69) is 15.3 Å². The molecule has 1 amide bonds. The third-order valence-electron chi connectivity index (χ3n) is 3.84. The maximum Gasteiger partial charge on any atom is 0.241 e. The van der Waals surface area contributed by atoms with Crippen LogP contribution in [0.3, 0.4) is 0 Å². The molecule has 2 aromatic heterocycles. The van der Waals surface area contributed by atoms with Crippen LogP contribution in [0.25, 0.3) is 11.0 Å². The molecule has 0 saturated carbocycles. The van der Waals surface area contributed by atoms with Gasteiger partial charge in [-0.25, -0.2) is 4.98 Å². The quantitative estimate of drug-likeness (QED) is 0.800. The number of nitrogens with zero attached hydrogens (tertiary/aromatic N) is 3. The molecule has 0 bridgehead atoms. The molecule has 1 unspecified atom stereocenters. The molecule has 0 spiro atoms. The van der Waals surface area contributed by atoms with Gasteiger partial charge in [-0.3, -0.25) is 4.79 Å². The van der Waals surface area contributed by atoms with E-state index in [4.69, 9.17) is 21.4 Å². The van der Waals surface area contributed by atoms with Crippen LogP contribution in [0.2, 0.25) is 5.15 Å². The molecule has 118 valence electrons. The van der Waals surface area contributed by atoms with Crippen LogP contribution in [0.5, 0.6) is 5.88 Å². The maximum atomic E-state index is 11.3. The molecule has 1 aliphatic heterocycles. The Kier molecular flexibility index (Phi) is 4.17. The number of carbonyl (C=O) groups is 1. The van der Waals surface area contributed by atoms with E-state index < -0.39 is 0 Å². The number of aliphatic hydroxyl groups excluding tert-OH is 1. The van der Waals surface area contributed by atoms with E-state index in [1.54, 1.807) is 17.0 Å². The summed E-state index contributed by atoms with van der Waals surface area (Å²) in [5.74, 6) is 0.507. The number of nitrogens with one attached hydrogen (secondary N) is 1. The van der Waals surface area contributed by atoms with Crippen molar-refractivity contribution in [1.29, 1.82) is 0 Å². The second-order valence-electron chi connectivity index (χ2n) is 5.37. The molecule has 2 N–H and O–H groups in total. The van der Waals surface area contributed by atoms with E-state index in [9.17, 15) is 4.79 Å². The third kappa shape index (κ3) is 2.86. The number of halogens is 1. The molecule has 3 rings (SSSR count).